The first kappa shape index (κ1) is 18.1. The molecule has 0 amide bonds. The molecule has 134 valence electrons. The van der Waals surface area contributed by atoms with Crippen molar-refractivity contribution in [2.75, 3.05) is 19.0 Å². The van der Waals surface area contributed by atoms with Crippen LogP contribution in [-0.2, 0) is 30.7 Å². The Balaban J connectivity index is 1.52. The van der Waals surface area contributed by atoms with Gasteiger partial charge in [-0.3, -0.25) is 0 Å². The van der Waals surface area contributed by atoms with Crippen LogP contribution in [0.1, 0.15) is 12.5 Å². The van der Waals surface area contributed by atoms with Gasteiger partial charge in [-0.15, -0.1) is 0 Å². The molecule has 1 saturated heterocycles. The van der Waals surface area contributed by atoms with Crippen molar-refractivity contribution in [3.63, 3.8) is 0 Å². The minimum atomic E-state index is -3.45. The quantitative estimate of drug-likeness (QED) is 0.758. The highest BCUT2D eigenvalue weighted by atomic mass is 32.2. The Bertz CT molecular complexity index is 776. The molecule has 0 N–H and O–H groups in total. The van der Waals surface area contributed by atoms with E-state index in [0.29, 0.717) is 19.8 Å². The highest BCUT2D eigenvalue weighted by Crippen LogP contribution is 2.26. The maximum absolute atomic E-state index is 12.4. The first-order valence-electron chi connectivity index (χ1n) is 8.16. The van der Waals surface area contributed by atoms with Crippen molar-refractivity contribution in [3.8, 4) is 0 Å². The van der Waals surface area contributed by atoms with Gasteiger partial charge in [-0.1, -0.05) is 48.5 Å². The second-order valence-electron chi connectivity index (χ2n) is 6.38. The Labute approximate surface area is 148 Å². The van der Waals surface area contributed by atoms with E-state index in [9.17, 15) is 8.42 Å². The Morgan fingerprint density at radius 2 is 1.72 bits per heavy atom. The molecule has 2 aromatic rings. The Kier molecular flexibility index (Phi) is 5.54. The first-order chi connectivity index (χ1) is 12.0. The van der Waals surface area contributed by atoms with Gasteiger partial charge in [0.25, 0.3) is 0 Å². The topological polar surface area (TPSA) is 61.8 Å². The zero-order valence-electron chi connectivity index (χ0n) is 14.1. The molecule has 25 heavy (non-hydrogen) atoms. The van der Waals surface area contributed by atoms with Gasteiger partial charge in [-0.2, -0.15) is 0 Å². The van der Waals surface area contributed by atoms with E-state index in [4.69, 9.17) is 14.2 Å². The molecular formula is C19H22O5S. The maximum atomic E-state index is 12.4. The van der Waals surface area contributed by atoms with Crippen molar-refractivity contribution in [1.29, 1.82) is 0 Å². The molecule has 2 aromatic carbocycles. The third-order valence-corrected chi connectivity index (χ3v) is 5.67. The number of rotatable bonds is 7. The van der Waals surface area contributed by atoms with Gasteiger partial charge in [0, 0.05) is 0 Å². The fourth-order valence-electron chi connectivity index (χ4n) is 2.67. The number of ether oxygens (including phenoxy) is 3. The number of hydrogen-bond acceptors (Lipinski definition) is 5. The van der Waals surface area contributed by atoms with Crippen molar-refractivity contribution in [2.24, 2.45) is 0 Å². The Hall–Kier alpha value is -1.73. The van der Waals surface area contributed by atoms with E-state index in [-0.39, 0.29) is 10.6 Å². The number of hydrogen-bond donors (Lipinski definition) is 0. The lowest BCUT2D eigenvalue weighted by atomic mass is 10.1. The predicted octanol–water partition coefficient (Wildman–Crippen LogP) is 2.81. The third kappa shape index (κ3) is 4.89. The summed E-state index contributed by atoms with van der Waals surface area (Å²) in [6, 6.07) is 18.2. The highest BCUT2D eigenvalue weighted by Gasteiger charge is 2.39. The minimum Gasteiger partial charge on any atom is -0.374 e. The first-order valence-corrected chi connectivity index (χ1v) is 9.81. The average Bonchev–Trinajstić information content (AvgIpc) is 2.97. The SMILES string of the molecule is CC1(COCc2ccccc2)COC(CS(=O)(=O)c2ccccc2)O1. The second kappa shape index (κ2) is 7.66. The minimum absolute atomic E-state index is 0.203. The summed E-state index contributed by atoms with van der Waals surface area (Å²) in [5.74, 6) is -0.203. The summed E-state index contributed by atoms with van der Waals surface area (Å²) in [5, 5.41) is 0. The van der Waals surface area contributed by atoms with Gasteiger partial charge in [-0.05, 0) is 24.6 Å². The van der Waals surface area contributed by atoms with Crippen LogP contribution in [0.25, 0.3) is 0 Å². The lowest BCUT2D eigenvalue weighted by molar-refractivity contribution is -0.0972. The van der Waals surface area contributed by atoms with Crippen molar-refractivity contribution < 1.29 is 22.6 Å². The van der Waals surface area contributed by atoms with Gasteiger partial charge in [0.15, 0.2) is 16.1 Å². The fraction of sp³-hybridized carbons (Fsp3) is 0.368. The van der Waals surface area contributed by atoms with Gasteiger partial charge in [0.2, 0.25) is 0 Å². The second-order valence-corrected chi connectivity index (χ2v) is 8.42. The molecule has 3 rings (SSSR count). The van der Waals surface area contributed by atoms with E-state index in [1.54, 1.807) is 30.3 Å². The molecule has 5 nitrogen and oxygen atoms in total. The van der Waals surface area contributed by atoms with E-state index >= 15 is 0 Å². The van der Waals surface area contributed by atoms with Crippen molar-refractivity contribution in [3.05, 3.63) is 66.2 Å². The Morgan fingerprint density at radius 3 is 2.40 bits per heavy atom. The molecule has 2 unspecified atom stereocenters. The molecule has 1 heterocycles. The Morgan fingerprint density at radius 1 is 1.08 bits per heavy atom. The molecule has 0 radical (unpaired) electrons. The van der Waals surface area contributed by atoms with Crippen LogP contribution in [0.15, 0.2) is 65.6 Å². The molecule has 0 saturated carbocycles. The molecular weight excluding hydrogens is 340 g/mol. The normalized spacial score (nSPS) is 23.6. The molecule has 1 aliphatic heterocycles. The van der Waals surface area contributed by atoms with Crippen molar-refractivity contribution >= 4 is 9.84 Å². The highest BCUT2D eigenvalue weighted by molar-refractivity contribution is 7.91. The zero-order valence-corrected chi connectivity index (χ0v) is 14.9. The predicted molar refractivity (Wildman–Crippen MR) is 93.8 cm³/mol. The lowest BCUT2D eigenvalue weighted by Crippen LogP contribution is -2.35. The van der Waals surface area contributed by atoms with Crippen molar-refractivity contribution in [1.82, 2.24) is 0 Å². The third-order valence-electron chi connectivity index (χ3n) is 3.97. The molecule has 0 spiro atoms. The van der Waals surface area contributed by atoms with Crippen LogP contribution in [0.4, 0.5) is 0 Å². The van der Waals surface area contributed by atoms with Crippen LogP contribution >= 0.6 is 0 Å². The summed E-state index contributed by atoms with van der Waals surface area (Å²) >= 11 is 0. The molecule has 1 aliphatic rings. The van der Waals surface area contributed by atoms with Gasteiger partial charge >= 0.3 is 0 Å². The molecule has 2 atom stereocenters. The van der Waals surface area contributed by atoms with E-state index in [1.165, 1.54) is 0 Å². The summed E-state index contributed by atoms with van der Waals surface area (Å²) in [6.07, 6.45) is -0.782. The lowest BCUT2D eigenvalue weighted by Gasteiger charge is -2.22. The van der Waals surface area contributed by atoms with E-state index in [2.05, 4.69) is 0 Å². The summed E-state index contributed by atoms with van der Waals surface area (Å²) in [7, 11) is -3.45. The standard InChI is InChI=1S/C19H22O5S/c1-19(14-22-12-16-8-4-2-5-9-16)15-23-18(24-19)13-25(20,21)17-10-6-3-7-11-17/h2-11,18H,12-15H2,1H3. The monoisotopic (exact) mass is 362 g/mol. The molecule has 0 aromatic heterocycles. The average molecular weight is 362 g/mol. The molecule has 0 bridgehead atoms. The molecule has 6 heteroatoms. The largest absolute Gasteiger partial charge is 0.374 e. The van der Waals surface area contributed by atoms with E-state index in [0.717, 1.165) is 5.56 Å². The van der Waals surface area contributed by atoms with Crippen LogP contribution in [0.5, 0.6) is 0 Å². The van der Waals surface area contributed by atoms with E-state index in [1.807, 2.05) is 37.3 Å². The summed E-state index contributed by atoms with van der Waals surface area (Å²) in [4.78, 5) is 0.274. The van der Waals surface area contributed by atoms with Crippen LogP contribution < -0.4 is 0 Å². The number of sulfone groups is 1. The van der Waals surface area contributed by atoms with Gasteiger partial charge in [0.05, 0.1) is 24.7 Å². The van der Waals surface area contributed by atoms with Crippen LogP contribution in [0, 0.1) is 0 Å². The van der Waals surface area contributed by atoms with Gasteiger partial charge in [0.1, 0.15) is 11.4 Å². The zero-order chi connectivity index (χ0) is 17.8. The maximum Gasteiger partial charge on any atom is 0.183 e. The van der Waals surface area contributed by atoms with Gasteiger partial charge < -0.3 is 14.2 Å². The van der Waals surface area contributed by atoms with Crippen LogP contribution in [0.3, 0.4) is 0 Å². The molecule has 0 aliphatic carbocycles. The summed E-state index contributed by atoms with van der Waals surface area (Å²) < 4.78 is 41.9. The number of benzene rings is 2. The smallest absolute Gasteiger partial charge is 0.183 e. The van der Waals surface area contributed by atoms with Crippen LogP contribution in [0.2, 0.25) is 0 Å². The van der Waals surface area contributed by atoms with Crippen LogP contribution in [-0.4, -0.2) is 39.3 Å². The fourth-order valence-corrected chi connectivity index (χ4v) is 3.96. The van der Waals surface area contributed by atoms with Gasteiger partial charge in [-0.25, -0.2) is 8.42 Å². The van der Waals surface area contributed by atoms with Crippen molar-refractivity contribution in [2.45, 2.75) is 30.3 Å². The summed E-state index contributed by atoms with van der Waals surface area (Å²) in [6.45, 7) is 2.99. The summed E-state index contributed by atoms with van der Waals surface area (Å²) in [5.41, 5.74) is 0.430. The van der Waals surface area contributed by atoms with E-state index < -0.39 is 21.7 Å². The molecule has 1 fully saturated rings.